The van der Waals surface area contributed by atoms with E-state index in [1.165, 1.54) is 24.0 Å². The van der Waals surface area contributed by atoms with E-state index in [4.69, 9.17) is 4.74 Å². The van der Waals surface area contributed by atoms with Gasteiger partial charge in [-0.3, -0.25) is 0 Å². The van der Waals surface area contributed by atoms with Crippen LogP contribution in [0.5, 0.6) is 5.75 Å². The zero-order valence-corrected chi connectivity index (χ0v) is 11.9. The van der Waals surface area contributed by atoms with Crippen LogP contribution in [0.2, 0.25) is 0 Å². The number of benzene rings is 2. The molecule has 0 aromatic heterocycles. The van der Waals surface area contributed by atoms with Crippen LogP contribution in [0.15, 0.2) is 48.5 Å². The highest BCUT2D eigenvalue weighted by Gasteiger charge is 2.25. The minimum Gasteiger partial charge on any atom is -0.494 e. The van der Waals surface area contributed by atoms with E-state index < -0.39 is 0 Å². The van der Waals surface area contributed by atoms with Crippen LogP contribution in [0, 0.1) is 0 Å². The van der Waals surface area contributed by atoms with E-state index in [0.29, 0.717) is 6.61 Å². The minimum absolute atomic E-state index is 0.710. The summed E-state index contributed by atoms with van der Waals surface area (Å²) in [4.78, 5) is 0. The van der Waals surface area contributed by atoms with E-state index in [0.717, 1.165) is 23.9 Å². The lowest BCUT2D eigenvalue weighted by Crippen LogP contribution is -2.02. The standard InChI is InChI=1S/C18H21NO/c1-2-20-17-11-9-16(10-12-17)19-13-15-5-3-4-6-18(15)14-7-8-14/h3-6,9-12,14,19H,2,7-8,13H2,1H3. The number of hydrogen-bond acceptors (Lipinski definition) is 2. The second-order valence-electron chi connectivity index (χ2n) is 5.28. The van der Waals surface area contributed by atoms with Gasteiger partial charge in [-0.2, -0.15) is 0 Å². The fourth-order valence-electron chi connectivity index (χ4n) is 2.52. The molecular weight excluding hydrogens is 246 g/mol. The number of nitrogens with one attached hydrogen (secondary N) is 1. The van der Waals surface area contributed by atoms with E-state index in [1.54, 1.807) is 0 Å². The molecule has 2 aromatic rings. The molecule has 1 aliphatic rings. The Bertz CT molecular complexity index is 558. The van der Waals surface area contributed by atoms with Gasteiger partial charge in [0.15, 0.2) is 0 Å². The Balaban J connectivity index is 1.64. The Hall–Kier alpha value is -1.96. The molecule has 2 heteroatoms. The van der Waals surface area contributed by atoms with Crippen LogP contribution in [0.1, 0.15) is 36.8 Å². The number of ether oxygens (including phenoxy) is 1. The summed E-state index contributed by atoms with van der Waals surface area (Å²) in [5, 5.41) is 3.50. The lowest BCUT2D eigenvalue weighted by molar-refractivity contribution is 0.340. The third-order valence-corrected chi connectivity index (χ3v) is 3.72. The summed E-state index contributed by atoms with van der Waals surface area (Å²) >= 11 is 0. The van der Waals surface area contributed by atoms with Gasteiger partial charge < -0.3 is 10.1 Å². The van der Waals surface area contributed by atoms with Gasteiger partial charge in [0.05, 0.1) is 6.61 Å². The summed E-state index contributed by atoms with van der Waals surface area (Å²) in [5.74, 6) is 1.73. The molecule has 0 bridgehead atoms. The fraction of sp³-hybridized carbons (Fsp3) is 0.333. The molecule has 0 amide bonds. The average molecular weight is 267 g/mol. The van der Waals surface area contributed by atoms with Crippen molar-refractivity contribution in [2.24, 2.45) is 0 Å². The van der Waals surface area contributed by atoms with E-state index in [9.17, 15) is 0 Å². The molecule has 1 N–H and O–H groups in total. The largest absolute Gasteiger partial charge is 0.494 e. The molecule has 104 valence electrons. The summed E-state index contributed by atoms with van der Waals surface area (Å²) in [7, 11) is 0. The van der Waals surface area contributed by atoms with Gasteiger partial charge in [0.2, 0.25) is 0 Å². The molecule has 0 radical (unpaired) electrons. The Morgan fingerprint density at radius 3 is 2.50 bits per heavy atom. The zero-order valence-electron chi connectivity index (χ0n) is 11.9. The smallest absolute Gasteiger partial charge is 0.119 e. The van der Waals surface area contributed by atoms with Crippen LogP contribution < -0.4 is 10.1 Å². The molecule has 20 heavy (non-hydrogen) atoms. The first kappa shape index (κ1) is 13.0. The van der Waals surface area contributed by atoms with Crippen molar-refractivity contribution in [3.63, 3.8) is 0 Å². The van der Waals surface area contributed by atoms with Gasteiger partial charge >= 0.3 is 0 Å². The van der Waals surface area contributed by atoms with E-state index in [1.807, 2.05) is 19.1 Å². The van der Waals surface area contributed by atoms with Gasteiger partial charge in [-0.15, -0.1) is 0 Å². The van der Waals surface area contributed by atoms with Crippen LogP contribution in [-0.4, -0.2) is 6.61 Å². The molecule has 2 aromatic carbocycles. The molecule has 0 heterocycles. The summed E-state index contributed by atoms with van der Waals surface area (Å²) in [6.45, 7) is 3.60. The third-order valence-electron chi connectivity index (χ3n) is 3.72. The molecule has 2 nitrogen and oxygen atoms in total. The van der Waals surface area contributed by atoms with Gasteiger partial charge in [-0.25, -0.2) is 0 Å². The maximum Gasteiger partial charge on any atom is 0.119 e. The van der Waals surface area contributed by atoms with Gasteiger partial charge in [0, 0.05) is 12.2 Å². The Morgan fingerprint density at radius 1 is 1.05 bits per heavy atom. The predicted molar refractivity (Wildman–Crippen MR) is 83.4 cm³/mol. The SMILES string of the molecule is CCOc1ccc(NCc2ccccc2C2CC2)cc1. The molecule has 0 aliphatic heterocycles. The van der Waals surface area contributed by atoms with Crippen molar-refractivity contribution in [3.05, 3.63) is 59.7 Å². The number of anilines is 1. The highest BCUT2D eigenvalue weighted by atomic mass is 16.5. The lowest BCUT2D eigenvalue weighted by atomic mass is 10.0. The quantitative estimate of drug-likeness (QED) is 0.827. The Morgan fingerprint density at radius 2 is 1.80 bits per heavy atom. The first-order valence-electron chi connectivity index (χ1n) is 7.41. The lowest BCUT2D eigenvalue weighted by Gasteiger charge is -2.11. The van der Waals surface area contributed by atoms with E-state index in [2.05, 4.69) is 41.7 Å². The van der Waals surface area contributed by atoms with Gasteiger partial charge in [0.25, 0.3) is 0 Å². The molecule has 1 aliphatic carbocycles. The summed E-state index contributed by atoms with van der Waals surface area (Å²) in [6, 6.07) is 16.9. The van der Waals surface area contributed by atoms with Crippen LogP contribution in [-0.2, 0) is 6.54 Å². The summed E-state index contributed by atoms with van der Waals surface area (Å²) in [6.07, 6.45) is 2.69. The Labute approximate surface area is 120 Å². The van der Waals surface area contributed by atoms with Crippen LogP contribution >= 0.6 is 0 Å². The predicted octanol–water partition coefficient (Wildman–Crippen LogP) is 4.57. The van der Waals surface area contributed by atoms with Crippen molar-refractivity contribution >= 4 is 5.69 Å². The molecule has 3 rings (SSSR count). The molecular formula is C18H21NO. The van der Waals surface area contributed by atoms with Gasteiger partial charge in [0.1, 0.15) is 5.75 Å². The third kappa shape index (κ3) is 3.13. The summed E-state index contributed by atoms with van der Waals surface area (Å²) in [5.41, 5.74) is 4.08. The maximum atomic E-state index is 5.45. The molecule has 0 atom stereocenters. The molecule has 0 saturated heterocycles. The zero-order chi connectivity index (χ0) is 13.8. The average Bonchev–Trinajstić information content (AvgIpc) is 3.32. The fourth-order valence-corrected chi connectivity index (χ4v) is 2.52. The number of hydrogen-bond donors (Lipinski definition) is 1. The van der Waals surface area contributed by atoms with Crippen molar-refractivity contribution in [1.29, 1.82) is 0 Å². The normalized spacial score (nSPS) is 14.1. The highest BCUT2D eigenvalue weighted by Crippen LogP contribution is 2.41. The van der Waals surface area contributed by atoms with Crippen molar-refractivity contribution in [1.82, 2.24) is 0 Å². The maximum absolute atomic E-state index is 5.45. The van der Waals surface area contributed by atoms with Crippen LogP contribution in [0.25, 0.3) is 0 Å². The Kier molecular flexibility index (Phi) is 3.91. The van der Waals surface area contributed by atoms with Crippen LogP contribution in [0.4, 0.5) is 5.69 Å². The molecule has 0 spiro atoms. The van der Waals surface area contributed by atoms with Gasteiger partial charge in [-0.05, 0) is 61.1 Å². The molecule has 0 unspecified atom stereocenters. The highest BCUT2D eigenvalue weighted by molar-refractivity contribution is 5.47. The number of rotatable bonds is 6. The van der Waals surface area contributed by atoms with Crippen molar-refractivity contribution < 1.29 is 4.74 Å². The van der Waals surface area contributed by atoms with Crippen LogP contribution in [0.3, 0.4) is 0 Å². The second kappa shape index (κ2) is 6.00. The topological polar surface area (TPSA) is 21.3 Å². The van der Waals surface area contributed by atoms with Crippen molar-refractivity contribution in [2.45, 2.75) is 32.2 Å². The van der Waals surface area contributed by atoms with Crippen molar-refractivity contribution in [2.75, 3.05) is 11.9 Å². The van der Waals surface area contributed by atoms with E-state index >= 15 is 0 Å². The second-order valence-corrected chi connectivity index (χ2v) is 5.28. The van der Waals surface area contributed by atoms with Gasteiger partial charge in [-0.1, -0.05) is 24.3 Å². The first-order chi connectivity index (χ1) is 9.86. The monoisotopic (exact) mass is 267 g/mol. The van der Waals surface area contributed by atoms with E-state index in [-0.39, 0.29) is 0 Å². The van der Waals surface area contributed by atoms with Crippen molar-refractivity contribution in [3.8, 4) is 5.75 Å². The molecule has 1 saturated carbocycles. The first-order valence-corrected chi connectivity index (χ1v) is 7.41. The minimum atomic E-state index is 0.710. The molecule has 1 fully saturated rings. The summed E-state index contributed by atoms with van der Waals surface area (Å²) < 4.78 is 5.45.